The maximum Gasteiger partial charge on any atom is 0.283 e. The van der Waals surface area contributed by atoms with Crippen LogP contribution in [-0.4, -0.2) is 31.6 Å². The highest BCUT2D eigenvalue weighted by Crippen LogP contribution is 2.10. The van der Waals surface area contributed by atoms with E-state index in [0.29, 0.717) is 6.61 Å². The molecule has 0 rings (SSSR count). The largest absolute Gasteiger partial charge is 0.465 e. The molecule has 1 N–H and O–H groups in total. The van der Waals surface area contributed by atoms with Crippen molar-refractivity contribution in [2.75, 3.05) is 20.7 Å². The van der Waals surface area contributed by atoms with Crippen LogP contribution in [0.1, 0.15) is 71.1 Å². The van der Waals surface area contributed by atoms with Crippen LogP contribution >= 0.6 is 0 Å². The molecule has 0 unspecified atom stereocenters. The monoisotopic (exact) mass is 256 g/mol. The molecule has 0 bridgehead atoms. The standard InChI is InChI=1S/C15H32N2O/c1-4-5-6-7-8-9-10-11-12-13-14-18-15(16)17(2)3/h16H,4-14H2,1-3H3. The summed E-state index contributed by atoms with van der Waals surface area (Å²) < 4.78 is 5.28. The van der Waals surface area contributed by atoms with Gasteiger partial charge < -0.3 is 9.64 Å². The highest BCUT2D eigenvalue weighted by molar-refractivity contribution is 5.69. The molecule has 0 atom stereocenters. The van der Waals surface area contributed by atoms with Crippen LogP contribution < -0.4 is 0 Å². The summed E-state index contributed by atoms with van der Waals surface area (Å²) in [6, 6.07) is 0.269. The lowest BCUT2D eigenvalue weighted by Gasteiger charge is -2.13. The minimum absolute atomic E-state index is 0.269. The lowest BCUT2D eigenvalue weighted by molar-refractivity contribution is 0.246. The second kappa shape index (κ2) is 12.7. The van der Waals surface area contributed by atoms with E-state index in [4.69, 9.17) is 10.1 Å². The van der Waals surface area contributed by atoms with Crippen molar-refractivity contribution in [2.45, 2.75) is 71.1 Å². The Hall–Kier alpha value is -0.730. The molecule has 0 heterocycles. The van der Waals surface area contributed by atoms with Crippen molar-refractivity contribution in [1.29, 1.82) is 5.41 Å². The Labute approximate surface area is 113 Å². The fourth-order valence-corrected chi connectivity index (χ4v) is 1.89. The van der Waals surface area contributed by atoms with Gasteiger partial charge in [0, 0.05) is 14.1 Å². The molecule has 0 aromatic rings. The minimum Gasteiger partial charge on any atom is -0.465 e. The van der Waals surface area contributed by atoms with Crippen LogP contribution in [0.5, 0.6) is 0 Å². The number of hydrogen-bond donors (Lipinski definition) is 1. The molecule has 3 nitrogen and oxygen atoms in total. The van der Waals surface area contributed by atoms with Gasteiger partial charge in [-0.15, -0.1) is 0 Å². The number of unbranched alkanes of at least 4 members (excludes halogenated alkanes) is 9. The molecule has 18 heavy (non-hydrogen) atoms. The van der Waals surface area contributed by atoms with Gasteiger partial charge in [0.2, 0.25) is 0 Å². The summed E-state index contributed by atoms with van der Waals surface area (Å²) in [7, 11) is 3.67. The van der Waals surface area contributed by atoms with E-state index in [1.807, 2.05) is 14.1 Å². The van der Waals surface area contributed by atoms with Gasteiger partial charge in [-0.2, -0.15) is 0 Å². The molecule has 108 valence electrons. The number of rotatable bonds is 11. The number of ether oxygens (including phenoxy) is 1. The van der Waals surface area contributed by atoms with Crippen molar-refractivity contribution in [3.05, 3.63) is 0 Å². The highest BCUT2D eigenvalue weighted by Gasteiger charge is 1.98. The summed E-state index contributed by atoms with van der Waals surface area (Å²) in [4.78, 5) is 1.69. The van der Waals surface area contributed by atoms with Crippen LogP contribution in [-0.2, 0) is 4.74 Å². The summed E-state index contributed by atoms with van der Waals surface area (Å²) in [6.07, 6.45) is 13.3. The Morgan fingerprint density at radius 3 is 1.72 bits per heavy atom. The Kier molecular flexibility index (Phi) is 12.2. The van der Waals surface area contributed by atoms with Crippen LogP contribution in [0, 0.1) is 5.41 Å². The molecule has 0 aromatic carbocycles. The van der Waals surface area contributed by atoms with Gasteiger partial charge in [0.25, 0.3) is 6.02 Å². The van der Waals surface area contributed by atoms with E-state index in [9.17, 15) is 0 Å². The maximum absolute atomic E-state index is 7.47. The summed E-state index contributed by atoms with van der Waals surface area (Å²) in [6.45, 7) is 2.95. The van der Waals surface area contributed by atoms with Crippen LogP contribution in [0.4, 0.5) is 0 Å². The molecule has 3 heteroatoms. The molecular formula is C15H32N2O. The van der Waals surface area contributed by atoms with Gasteiger partial charge in [0.05, 0.1) is 6.61 Å². The maximum atomic E-state index is 7.47. The molecular weight excluding hydrogens is 224 g/mol. The number of nitrogens with zero attached hydrogens (tertiary/aromatic N) is 1. The number of amidine groups is 1. The normalized spacial score (nSPS) is 10.4. The van der Waals surface area contributed by atoms with Crippen molar-refractivity contribution >= 4 is 6.02 Å². The summed E-state index contributed by atoms with van der Waals surface area (Å²) in [5.74, 6) is 0. The third kappa shape index (κ3) is 11.7. The Balaban J connectivity index is 3.05. The lowest BCUT2D eigenvalue weighted by atomic mass is 10.1. The summed E-state index contributed by atoms with van der Waals surface area (Å²) in [5.41, 5.74) is 0. The Bertz CT molecular complexity index is 193. The quantitative estimate of drug-likeness (QED) is 0.337. The first-order valence-corrected chi connectivity index (χ1v) is 7.57. The molecule has 0 saturated carbocycles. The van der Waals surface area contributed by atoms with E-state index < -0.39 is 0 Å². The third-order valence-corrected chi connectivity index (χ3v) is 3.14. The predicted molar refractivity (Wildman–Crippen MR) is 79.2 cm³/mol. The van der Waals surface area contributed by atoms with E-state index in [0.717, 1.165) is 6.42 Å². The second-order valence-electron chi connectivity index (χ2n) is 5.23. The van der Waals surface area contributed by atoms with Crippen molar-refractivity contribution < 1.29 is 4.74 Å². The van der Waals surface area contributed by atoms with Gasteiger partial charge >= 0.3 is 0 Å². The highest BCUT2D eigenvalue weighted by atomic mass is 16.5. The SMILES string of the molecule is CCCCCCCCCCCCOC(=N)N(C)C. The van der Waals surface area contributed by atoms with E-state index in [2.05, 4.69) is 6.92 Å². The van der Waals surface area contributed by atoms with E-state index in [1.54, 1.807) is 4.90 Å². The zero-order chi connectivity index (χ0) is 13.6. The molecule has 0 aliphatic heterocycles. The van der Waals surface area contributed by atoms with Gasteiger partial charge in [-0.1, -0.05) is 64.7 Å². The molecule has 0 saturated heterocycles. The topological polar surface area (TPSA) is 36.3 Å². The smallest absolute Gasteiger partial charge is 0.283 e. The summed E-state index contributed by atoms with van der Waals surface area (Å²) in [5, 5.41) is 7.47. The average Bonchev–Trinajstić information content (AvgIpc) is 2.35. The van der Waals surface area contributed by atoms with Crippen molar-refractivity contribution in [3.63, 3.8) is 0 Å². The lowest BCUT2D eigenvalue weighted by Crippen LogP contribution is -2.23. The third-order valence-electron chi connectivity index (χ3n) is 3.14. The minimum atomic E-state index is 0.269. The van der Waals surface area contributed by atoms with E-state index >= 15 is 0 Å². The number of nitrogens with one attached hydrogen (secondary N) is 1. The Morgan fingerprint density at radius 1 is 0.833 bits per heavy atom. The first-order chi connectivity index (χ1) is 8.68. The van der Waals surface area contributed by atoms with E-state index in [-0.39, 0.29) is 6.02 Å². The van der Waals surface area contributed by atoms with Crippen LogP contribution in [0.15, 0.2) is 0 Å². The van der Waals surface area contributed by atoms with Crippen LogP contribution in [0.2, 0.25) is 0 Å². The fourth-order valence-electron chi connectivity index (χ4n) is 1.89. The molecule has 0 radical (unpaired) electrons. The second-order valence-corrected chi connectivity index (χ2v) is 5.23. The Morgan fingerprint density at radius 2 is 1.28 bits per heavy atom. The first-order valence-electron chi connectivity index (χ1n) is 7.57. The van der Waals surface area contributed by atoms with Gasteiger partial charge in [0.1, 0.15) is 0 Å². The molecule has 0 fully saturated rings. The average molecular weight is 256 g/mol. The zero-order valence-corrected chi connectivity index (χ0v) is 12.6. The van der Waals surface area contributed by atoms with Gasteiger partial charge in [-0.05, 0) is 6.42 Å². The van der Waals surface area contributed by atoms with E-state index in [1.165, 1.54) is 57.8 Å². The van der Waals surface area contributed by atoms with Gasteiger partial charge in [-0.25, -0.2) is 0 Å². The molecule has 0 aliphatic carbocycles. The van der Waals surface area contributed by atoms with Gasteiger partial charge in [-0.3, -0.25) is 5.41 Å². The summed E-state index contributed by atoms with van der Waals surface area (Å²) >= 11 is 0. The van der Waals surface area contributed by atoms with Crippen LogP contribution in [0.25, 0.3) is 0 Å². The van der Waals surface area contributed by atoms with Crippen molar-refractivity contribution in [2.24, 2.45) is 0 Å². The fraction of sp³-hybridized carbons (Fsp3) is 0.933. The molecule has 0 spiro atoms. The van der Waals surface area contributed by atoms with Crippen molar-refractivity contribution in [3.8, 4) is 0 Å². The van der Waals surface area contributed by atoms with Gasteiger partial charge in [0.15, 0.2) is 0 Å². The molecule has 0 amide bonds. The zero-order valence-electron chi connectivity index (χ0n) is 12.6. The van der Waals surface area contributed by atoms with Crippen LogP contribution in [0.3, 0.4) is 0 Å². The van der Waals surface area contributed by atoms with Crippen molar-refractivity contribution in [1.82, 2.24) is 4.90 Å². The first kappa shape index (κ1) is 17.3. The predicted octanol–water partition coefficient (Wildman–Crippen LogP) is 4.42. The molecule has 0 aliphatic rings. The molecule has 0 aromatic heterocycles. The number of hydrogen-bond acceptors (Lipinski definition) is 2.